The third-order valence-electron chi connectivity index (χ3n) is 3.12. The number of rotatable bonds is 5. The molecule has 1 aliphatic rings. The summed E-state index contributed by atoms with van der Waals surface area (Å²) in [6.07, 6.45) is 1.76. The molecular weight excluding hydrogens is 260 g/mol. The Labute approximate surface area is 118 Å². The lowest BCUT2D eigenvalue weighted by molar-refractivity contribution is -0.124. The fraction of sp³-hybridized carbons (Fsp3) is 0.500. The second-order valence-corrected chi connectivity index (χ2v) is 4.63. The van der Waals surface area contributed by atoms with Crippen LogP contribution in [0.5, 0.6) is 5.75 Å². The van der Waals surface area contributed by atoms with Crippen molar-refractivity contribution in [3.8, 4) is 5.75 Å². The van der Waals surface area contributed by atoms with Crippen molar-refractivity contribution < 1.29 is 19.0 Å². The van der Waals surface area contributed by atoms with E-state index in [2.05, 4.69) is 5.32 Å². The Morgan fingerprint density at radius 2 is 2.20 bits per heavy atom. The number of carbonyl (C=O) groups excluding carboxylic acids is 1. The number of nitrogens with two attached hydrogens (primary N) is 1. The number of hydrogen-bond acceptors (Lipinski definition) is 5. The van der Waals surface area contributed by atoms with Gasteiger partial charge in [0.25, 0.3) is 0 Å². The first-order valence-electron chi connectivity index (χ1n) is 6.61. The van der Waals surface area contributed by atoms with Gasteiger partial charge in [0.2, 0.25) is 5.91 Å². The summed E-state index contributed by atoms with van der Waals surface area (Å²) in [7, 11) is 1.53. The van der Waals surface area contributed by atoms with Crippen molar-refractivity contribution in [2.24, 2.45) is 0 Å². The van der Waals surface area contributed by atoms with Gasteiger partial charge in [0.1, 0.15) is 12.4 Å². The Morgan fingerprint density at radius 3 is 2.90 bits per heavy atom. The first kappa shape index (κ1) is 14.6. The summed E-state index contributed by atoms with van der Waals surface area (Å²) in [5, 5.41) is 2.75. The number of nitrogen functional groups attached to an aromatic ring is 1. The van der Waals surface area contributed by atoms with Gasteiger partial charge in [-0.05, 0) is 25.0 Å². The lowest BCUT2D eigenvalue weighted by atomic mass is 10.1. The van der Waals surface area contributed by atoms with E-state index in [1.165, 1.54) is 7.11 Å². The summed E-state index contributed by atoms with van der Waals surface area (Å²) < 4.78 is 16.0. The van der Waals surface area contributed by atoms with Gasteiger partial charge >= 0.3 is 0 Å². The molecular formula is C14H20N2O4. The lowest BCUT2D eigenvalue weighted by Crippen LogP contribution is -2.28. The first-order chi connectivity index (χ1) is 9.69. The minimum absolute atomic E-state index is 0.0260. The molecule has 1 heterocycles. The Hall–Kier alpha value is -1.79. The van der Waals surface area contributed by atoms with E-state index in [0.717, 1.165) is 12.8 Å². The minimum atomic E-state index is -0.209. The van der Waals surface area contributed by atoms with Gasteiger partial charge in [-0.3, -0.25) is 4.79 Å². The highest BCUT2D eigenvalue weighted by molar-refractivity contribution is 5.93. The zero-order valence-corrected chi connectivity index (χ0v) is 11.6. The van der Waals surface area contributed by atoms with Crippen molar-refractivity contribution in [1.82, 2.24) is 0 Å². The highest BCUT2D eigenvalue weighted by Crippen LogP contribution is 2.26. The summed E-state index contributed by atoms with van der Waals surface area (Å²) in [5.41, 5.74) is 6.83. The zero-order valence-electron chi connectivity index (χ0n) is 11.6. The van der Waals surface area contributed by atoms with E-state index in [0.29, 0.717) is 30.3 Å². The van der Waals surface area contributed by atoms with Crippen LogP contribution in [0.2, 0.25) is 0 Å². The van der Waals surface area contributed by atoms with Crippen LogP contribution in [0.4, 0.5) is 11.4 Å². The monoisotopic (exact) mass is 280 g/mol. The predicted octanol–water partition coefficient (Wildman–Crippen LogP) is 1.41. The summed E-state index contributed by atoms with van der Waals surface area (Å²) >= 11 is 0. The van der Waals surface area contributed by atoms with Crippen LogP contribution >= 0.6 is 0 Å². The second kappa shape index (κ2) is 7.12. The van der Waals surface area contributed by atoms with Crippen LogP contribution in [-0.2, 0) is 14.3 Å². The maximum atomic E-state index is 11.9. The SMILES string of the molecule is COc1cc(N)ccc1NC(=O)COC1CCOCC1. The van der Waals surface area contributed by atoms with Crippen LogP contribution in [0.25, 0.3) is 0 Å². The lowest BCUT2D eigenvalue weighted by Gasteiger charge is -2.22. The van der Waals surface area contributed by atoms with Crippen molar-refractivity contribution in [2.75, 3.05) is 38.0 Å². The molecule has 0 atom stereocenters. The Bertz CT molecular complexity index is 458. The van der Waals surface area contributed by atoms with E-state index in [4.69, 9.17) is 19.9 Å². The maximum absolute atomic E-state index is 11.9. The van der Waals surface area contributed by atoms with E-state index in [1.807, 2.05) is 0 Å². The number of nitrogens with one attached hydrogen (secondary N) is 1. The molecule has 0 radical (unpaired) electrons. The number of carbonyl (C=O) groups is 1. The van der Waals surface area contributed by atoms with Crippen molar-refractivity contribution in [3.05, 3.63) is 18.2 Å². The molecule has 1 aliphatic heterocycles. The van der Waals surface area contributed by atoms with Crippen molar-refractivity contribution in [2.45, 2.75) is 18.9 Å². The molecule has 20 heavy (non-hydrogen) atoms. The largest absolute Gasteiger partial charge is 0.494 e. The fourth-order valence-corrected chi connectivity index (χ4v) is 2.03. The number of ether oxygens (including phenoxy) is 3. The van der Waals surface area contributed by atoms with Gasteiger partial charge in [0.15, 0.2) is 0 Å². The smallest absolute Gasteiger partial charge is 0.250 e. The summed E-state index contributed by atoms with van der Waals surface area (Å²) in [6.45, 7) is 1.41. The Morgan fingerprint density at radius 1 is 1.45 bits per heavy atom. The molecule has 1 amide bonds. The van der Waals surface area contributed by atoms with Crippen molar-refractivity contribution in [1.29, 1.82) is 0 Å². The molecule has 2 rings (SSSR count). The zero-order chi connectivity index (χ0) is 14.4. The number of amides is 1. The van der Waals surface area contributed by atoms with Crippen LogP contribution in [0.3, 0.4) is 0 Å². The standard InChI is InChI=1S/C14H20N2O4/c1-18-13-8-10(15)2-3-12(13)16-14(17)9-20-11-4-6-19-7-5-11/h2-3,8,11H,4-7,9,15H2,1H3,(H,16,17). The highest BCUT2D eigenvalue weighted by atomic mass is 16.5. The molecule has 1 saturated heterocycles. The maximum Gasteiger partial charge on any atom is 0.250 e. The number of anilines is 2. The summed E-state index contributed by atoms with van der Waals surface area (Å²) in [6, 6.07) is 5.08. The Balaban J connectivity index is 1.84. The van der Waals surface area contributed by atoms with E-state index < -0.39 is 0 Å². The molecule has 1 aromatic carbocycles. The molecule has 1 aromatic rings. The third kappa shape index (κ3) is 4.11. The second-order valence-electron chi connectivity index (χ2n) is 4.63. The van der Waals surface area contributed by atoms with Gasteiger partial charge in [-0.1, -0.05) is 0 Å². The van der Waals surface area contributed by atoms with Crippen LogP contribution in [-0.4, -0.2) is 38.9 Å². The van der Waals surface area contributed by atoms with Crippen molar-refractivity contribution >= 4 is 17.3 Å². The first-order valence-corrected chi connectivity index (χ1v) is 6.61. The number of benzene rings is 1. The molecule has 0 unspecified atom stereocenters. The van der Waals surface area contributed by atoms with Crippen LogP contribution in [0.1, 0.15) is 12.8 Å². The van der Waals surface area contributed by atoms with Crippen LogP contribution in [0.15, 0.2) is 18.2 Å². The van der Waals surface area contributed by atoms with Gasteiger partial charge in [-0.15, -0.1) is 0 Å². The van der Waals surface area contributed by atoms with Gasteiger partial charge in [0, 0.05) is 25.0 Å². The average molecular weight is 280 g/mol. The molecule has 0 aliphatic carbocycles. The van der Waals surface area contributed by atoms with Crippen molar-refractivity contribution in [3.63, 3.8) is 0 Å². The molecule has 1 fully saturated rings. The Kier molecular flexibility index (Phi) is 5.20. The van der Waals surface area contributed by atoms with E-state index >= 15 is 0 Å². The van der Waals surface area contributed by atoms with Gasteiger partial charge < -0.3 is 25.3 Å². The minimum Gasteiger partial charge on any atom is -0.494 e. The molecule has 0 spiro atoms. The van der Waals surface area contributed by atoms with Gasteiger partial charge in [-0.2, -0.15) is 0 Å². The molecule has 6 nitrogen and oxygen atoms in total. The summed E-state index contributed by atoms with van der Waals surface area (Å²) in [5.74, 6) is 0.323. The topological polar surface area (TPSA) is 82.8 Å². The van der Waals surface area contributed by atoms with Crippen LogP contribution < -0.4 is 15.8 Å². The van der Waals surface area contributed by atoms with Gasteiger partial charge in [0.05, 0.1) is 18.9 Å². The molecule has 3 N–H and O–H groups in total. The fourth-order valence-electron chi connectivity index (χ4n) is 2.03. The van der Waals surface area contributed by atoms with Crippen LogP contribution in [0, 0.1) is 0 Å². The summed E-state index contributed by atoms with van der Waals surface area (Å²) in [4.78, 5) is 11.9. The quantitative estimate of drug-likeness (QED) is 0.797. The predicted molar refractivity (Wildman–Crippen MR) is 75.8 cm³/mol. The number of methoxy groups -OCH3 is 1. The molecule has 0 saturated carbocycles. The van der Waals surface area contributed by atoms with Gasteiger partial charge in [-0.25, -0.2) is 0 Å². The molecule has 0 bridgehead atoms. The third-order valence-corrected chi connectivity index (χ3v) is 3.12. The molecule has 0 aromatic heterocycles. The number of hydrogen-bond donors (Lipinski definition) is 2. The molecule has 110 valence electrons. The normalized spacial score (nSPS) is 15.8. The van der Waals surface area contributed by atoms with E-state index in [9.17, 15) is 4.79 Å². The highest BCUT2D eigenvalue weighted by Gasteiger charge is 2.16. The van der Waals surface area contributed by atoms with E-state index in [1.54, 1.807) is 18.2 Å². The average Bonchev–Trinajstić information content (AvgIpc) is 2.48. The molecule has 6 heteroatoms. The van der Waals surface area contributed by atoms with E-state index in [-0.39, 0.29) is 18.6 Å².